The third-order valence-corrected chi connectivity index (χ3v) is 4.65. The van der Waals surface area contributed by atoms with E-state index in [-0.39, 0.29) is 24.2 Å². The zero-order chi connectivity index (χ0) is 16.0. The zero-order valence-corrected chi connectivity index (χ0v) is 13.2. The number of anilines is 1. The Morgan fingerprint density at radius 2 is 2.09 bits per heavy atom. The van der Waals surface area contributed by atoms with E-state index in [1.54, 1.807) is 6.92 Å². The van der Waals surface area contributed by atoms with Crippen molar-refractivity contribution in [3.05, 3.63) is 24.3 Å². The minimum Gasteiger partial charge on any atom is -0.450 e. The van der Waals surface area contributed by atoms with Crippen LogP contribution < -0.4 is 10.0 Å². The molecule has 2 N–H and O–H groups in total. The largest absolute Gasteiger partial charge is 0.450 e. The fourth-order valence-corrected chi connectivity index (χ4v) is 3.16. The summed E-state index contributed by atoms with van der Waals surface area (Å²) in [6.45, 7) is 2.92. The maximum Gasteiger partial charge on any atom is 0.411 e. The monoisotopic (exact) mass is 328 g/mol. The van der Waals surface area contributed by atoms with Gasteiger partial charge in [0.25, 0.3) is 0 Å². The summed E-state index contributed by atoms with van der Waals surface area (Å²) in [4.78, 5) is 11.4. The molecule has 0 unspecified atom stereocenters. The molecule has 1 aliphatic rings. The second-order valence-electron chi connectivity index (χ2n) is 4.86. The zero-order valence-electron chi connectivity index (χ0n) is 12.4. The van der Waals surface area contributed by atoms with Crippen molar-refractivity contribution in [1.82, 2.24) is 4.72 Å². The molecule has 1 aromatic carbocycles. The number of hydrogen-bond acceptors (Lipinski definition) is 5. The van der Waals surface area contributed by atoms with Gasteiger partial charge in [0, 0.05) is 18.8 Å². The van der Waals surface area contributed by atoms with Crippen LogP contribution in [0.3, 0.4) is 0 Å². The number of hydrogen-bond donors (Lipinski definition) is 2. The summed E-state index contributed by atoms with van der Waals surface area (Å²) < 4.78 is 37.0. The summed E-state index contributed by atoms with van der Waals surface area (Å²) in [6, 6.07) is 5.88. The van der Waals surface area contributed by atoms with Gasteiger partial charge in [-0.25, -0.2) is 17.9 Å². The normalized spacial score (nSPS) is 18.1. The van der Waals surface area contributed by atoms with Crippen molar-refractivity contribution in [3.8, 4) is 0 Å². The second-order valence-corrected chi connectivity index (χ2v) is 6.62. The third kappa shape index (κ3) is 4.69. The third-order valence-electron chi connectivity index (χ3n) is 3.21. The summed E-state index contributed by atoms with van der Waals surface area (Å²) in [5.74, 6) is 0. The van der Waals surface area contributed by atoms with Gasteiger partial charge in [0.2, 0.25) is 10.0 Å². The minimum atomic E-state index is -3.58. The molecule has 7 nitrogen and oxygen atoms in total. The molecule has 1 aromatic rings. The first kappa shape index (κ1) is 16.7. The number of carbonyl (C=O) groups is 1. The molecule has 0 aliphatic carbocycles. The van der Waals surface area contributed by atoms with Gasteiger partial charge in [-0.2, -0.15) is 0 Å². The van der Waals surface area contributed by atoms with Crippen molar-refractivity contribution in [3.63, 3.8) is 0 Å². The van der Waals surface area contributed by atoms with Crippen molar-refractivity contribution in [2.75, 3.05) is 25.1 Å². The predicted molar refractivity (Wildman–Crippen MR) is 81.2 cm³/mol. The molecule has 0 aromatic heterocycles. The van der Waals surface area contributed by atoms with Crippen molar-refractivity contribution in [2.24, 2.45) is 0 Å². The Kier molecular flexibility index (Phi) is 5.76. The predicted octanol–water partition coefficient (Wildman–Crippen LogP) is 1.71. The average Bonchev–Trinajstić information content (AvgIpc) is 2.99. The summed E-state index contributed by atoms with van der Waals surface area (Å²) >= 11 is 0. The van der Waals surface area contributed by atoms with E-state index in [9.17, 15) is 13.2 Å². The van der Waals surface area contributed by atoms with Gasteiger partial charge in [0.05, 0.1) is 17.6 Å². The van der Waals surface area contributed by atoms with E-state index in [4.69, 9.17) is 9.47 Å². The molecule has 0 spiro atoms. The number of benzene rings is 1. The Morgan fingerprint density at radius 3 is 2.68 bits per heavy atom. The maximum atomic E-state index is 12.1. The van der Waals surface area contributed by atoms with Crippen molar-refractivity contribution < 1.29 is 22.7 Å². The number of rotatable bonds is 6. The van der Waals surface area contributed by atoms with Gasteiger partial charge >= 0.3 is 6.09 Å². The van der Waals surface area contributed by atoms with Gasteiger partial charge in [-0.1, -0.05) is 0 Å². The molecule has 0 saturated carbocycles. The lowest BCUT2D eigenvalue weighted by atomic mass is 10.2. The van der Waals surface area contributed by atoms with Crippen LogP contribution in [0.25, 0.3) is 0 Å². The lowest BCUT2D eigenvalue weighted by molar-refractivity contribution is 0.114. The minimum absolute atomic E-state index is 0.0560. The van der Waals surface area contributed by atoms with Crippen molar-refractivity contribution in [2.45, 2.75) is 30.8 Å². The molecule has 1 amide bonds. The van der Waals surface area contributed by atoms with Gasteiger partial charge in [-0.05, 0) is 44.0 Å². The fourth-order valence-electron chi connectivity index (χ4n) is 2.09. The first-order chi connectivity index (χ1) is 10.5. The summed E-state index contributed by atoms with van der Waals surface area (Å²) in [5, 5.41) is 2.50. The van der Waals surface area contributed by atoms with Gasteiger partial charge in [-0.15, -0.1) is 0 Å². The fraction of sp³-hybridized carbons (Fsp3) is 0.500. The van der Waals surface area contributed by atoms with Crippen LogP contribution in [0.5, 0.6) is 0 Å². The molecule has 1 heterocycles. The van der Waals surface area contributed by atoms with Crippen LogP contribution in [0, 0.1) is 0 Å². The van der Waals surface area contributed by atoms with Crippen molar-refractivity contribution >= 4 is 21.8 Å². The highest BCUT2D eigenvalue weighted by Gasteiger charge is 2.20. The Labute approximate surface area is 130 Å². The van der Waals surface area contributed by atoms with Crippen LogP contribution >= 0.6 is 0 Å². The van der Waals surface area contributed by atoms with E-state index in [1.165, 1.54) is 24.3 Å². The number of carbonyl (C=O) groups excluding carboxylic acids is 1. The average molecular weight is 328 g/mol. The molecule has 1 aliphatic heterocycles. The number of nitrogens with one attached hydrogen (secondary N) is 2. The lowest BCUT2D eigenvalue weighted by Crippen LogP contribution is -2.31. The smallest absolute Gasteiger partial charge is 0.411 e. The first-order valence-electron chi connectivity index (χ1n) is 7.16. The standard InChI is InChI=1S/C14H20N2O5S/c1-2-20-14(17)16-11-5-7-13(8-6-11)22(18,19)15-10-12-4-3-9-21-12/h5-8,12,15H,2-4,9-10H2,1H3,(H,16,17)/t12-/m0/s1. The van der Waals surface area contributed by atoms with Gasteiger partial charge in [0.1, 0.15) is 0 Å². The Morgan fingerprint density at radius 1 is 1.36 bits per heavy atom. The molecule has 2 rings (SSSR count). The van der Waals surface area contributed by atoms with Gasteiger partial charge in [-0.3, -0.25) is 5.32 Å². The molecule has 1 fully saturated rings. The van der Waals surface area contributed by atoms with E-state index in [0.717, 1.165) is 12.8 Å². The lowest BCUT2D eigenvalue weighted by Gasteiger charge is -2.12. The molecule has 1 atom stereocenters. The molecule has 1 saturated heterocycles. The molecule has 22 heavy (non-hydrogen) atoms. The highest BCUT2D eigenvalue weighted by Crippen LogP contribution is 2.16. The van der Waals surface area contributed by atoms with Crippen LogP contribution in [-0.4, -0.2) is 40.4 Å². The molecule has 0 radical (unpaired) electrons. The molecule has 8 heteroatoms. The maximum absolute atomic E-state index is 12.1. The SMILES string of the molecule is CCOC(=O)Nc1ccc(S(=O)(=O)NC[C@@H]2CCCO2)cc1. The Hall–Kier alpha value is -1.64. The van der Waals surface area contributed by atoms with E-state index in [0.29, 0.717) is 12.3 Å². The van der Waals surface area contributed by atoms with E-state index >= 15 is 0 Å². The molecular weight excluding hydrogens is 308 g/mol. The molecular formula is C14H20N2O5S. The quantitative estimate of drug-likeness (QED) is 0.829. The van der Waals surface area contributed by atoms with Gasteiger partial charge < -0.3 is 9.47 Å². The van der Waals surface area contributed by atoms with Crippen LogP contribution in [0.4, 0.5) is 10.5 Å². The molecule has 122 valence electrons. The van der Waals surface area contributed by atoms with E-state index in [1.807, 2.05) is 0 Å². The van der Waals surface area contributed by atoms with Crippen LogP contribution in [-0.2, 0) is 19.5 Å². The van der Waals surface area contributed by atoms with Crippen LogP contribution in [0.1, 0.15) is 19.8 Å². The summed E-state index contributed by atoms with van der Waals surface area (Å²) in [7, 11) is -3.58. The Bertz CT molecular complexity index is 594. The van der Waals surface area contributed by atoms with Crippen LogP contribution in [0.15, 0.2) is 29.2 Å². The van der Waals surface area contributed by atoms with Crippen molar-refractivity contribution in [1.29, 1.82) is 0 Å². The second kappa shape index (κ2) is 7.57. The molecule has 0 bridgehead atoms. The first-order valence-corrected chi connectivity index (χ1v) is 8.64. The van der Waals surface area contributed by atoms with Crippen LogP contribution in [0.2, 0.25) is 0 Å². The number of ether oxygens (including phenoxy) is 2. The summed E-state index contributed by atoms with van der Waals surface area (Å²) in [5.41, 5.74) is 0.469. The highest BCUT2D eigenvalue weighted by atomic mass is 32.2. The number of sulfonamides is 1. The van der Waals surface area contributed by atoms with Gasteiger partial charge in [0.15, 0.2) is 0 Å². The van der Waals surface area contributed by atoms with E-state index < -0.39 is 16.1 Å². The van der Waals surface area contributed by atoms with E-state index in [2.05, 4.69) is 10.0 Å². The number of amides is 1. The summed E-state index contributed by atoms with van der Waals surface area (Å²) in [6.07, 6.45) is 1.19. The highest BCUT2D eigenvalue weighted by molar-refractivity contribution is 7.89. The topological polar surface area (TPSA) is 93.7 Å². The Balaban J connectivity index is 1.94.